The fourth-order valence-electron chi connectivity index (χ4n) is 3.73. The minimum Gasteiger partial charge on any atom is -0.478 e. The number of carbonyl (C=O) groups is 2. The van der Waals surface area contributed by atoms with E-state index < -0.39 is 11.9 Å². The number of aromatic nitrogens is 1. The Morgan fingerprint density at radius 2 is 1.61 bits per heavy atom. The molecule has 0 fully saturated rings. The van der Waals surface area contributed by atoms with Crippen LogP contribution in [0.5, 0.6) is 0 Å². The Kier molecular flexibility index (Phi) is 9.07. The maximum Gasteiger partial charge on any atom is 0.328 e. The molecule has 2 N–H and O–H groups in total. The number of aryl methyl sites for hydroxylation is 1. The molecule has 3 aromatic rings. The highest BCUT2D eigenvalue weighted by Crippen LogP contribution is 2.39. The van der Waals surface area contributed by atoms with Gasteiger partial charge in [-0.1, -0.05) is 48.0 Å². The average molecular weight is 487 g/mol. The first-order chi connectivity index (χ1) is 17.3. The molecule has 1 aromatic heterocycles. The van der Waals surface area contributed by atoms with E-state index in [9.17, 15) is 9.59 Å². The van der Waals surface area contributed by atoms with Crippen LogP contribution in [0.25, 0.3) is 0 Å². The Hall–Kier alpha value is -4.30. The quantitative estimate of drug-likeness (QED) is 0.467. The lowest BCUT2D eigenvalue weighted by Gasteiger charge is -2.26. The number of benzene rings is 2. The number of pyridine rings is 1. The average Bonchev–Trinajstić information content (AvgIpc) is 2.99. The maximum atomic E-state index is 9.55. The minimum absolute atomic E-state index is 0.558. The number of fused-ring (bicyclic) bond motifs is 2. The van der Waals surface area contributed by atoms with Gasteiger partial charge < -0.3 is 20.0 Å². The third kappa shape index (κ3) is 7.10. The third-order valence-electron chi connectivity index (χ3n) is 5.38. The van der Waals surface area contributed by atoms with E-state index in [1.807, 2.05) is 12.3 Å². The summed E-state index contributed by atoms with van der Waals surface area (Å²) in [4.78, 5) is 33.4. The molecule has 1 aliphatic rings. The monoisotopic (exact) mass is 486 g/mol. The number of nitrogens with zero attached hydrogens (tertiary/aromatic N) is 4. The predicted octanol–water partition coefficient (Wildman–Crippen LogP) is 4.67. The maximum absolute atomic E-state index is 9.55. The van der Waals surface area contributed by atoms with E-state index in [1.165, 1.54) is 5.56 Å². The zero-order chi connectivity index (χ0) is 26.1. The van der Waals surface area contributed by atoms with Crippen LogP contribution in [0.4, 0.5) is 17.2 Å². The van der Waals surface area contributed by atoms with Gasteiger partial charge in [-0.25, -0.2) is 19.6 Å². The van der Waals surface area contributed by atoms with Gasteiger partial charge in [-0.2, -0.15) is 0 Å². The molecule has 0 radical (unpaired) electrons. The number of aliphatic imine (C=N–C) groups is 1. The lowest BCUT2D eigenvalue weighted by atomic mass is 9.99. The van der Waals surface area contributed by atoms with Crippen LogP contribution < -0.4 is 4.90 Å². The molecule has 186 valence electrons. The van der Waals surface area contributed by atoms with Crippen LogP contribution in [0.15, 0.2) is 84.0 Å². The summed E-state index contributed by atoms with van der Waals surface area (Å²) in [6.07, 6.45) is 4.02. The van der Waals surface area contributed by atoms with Crippen molar-refractivity contribution in [2.45, 2.75) is 13.3 Å². The smallest absolute Gasteiger partial charge is 0.328 e. The normalized spacial score (nSPS) is 12.2. The molecule has 0 saturated carbocycles. The highest BCUT2D eigenvalue weighted by Gasteiger charge is 2.24. The summed E-state index contributed by atoms with van der Waals surface area (Å²) in [6, 6.07) is 21.1. The molecule has 2 aromatic carbocycles. The number of para-hydroxylation sites is 1. The summed E-state index contributed by atoms with van der Waals surface area (Å²) in [5.41, 5.74) is 6.60. The molecule has 36 heavy (non-hydrogen) atoms. The van der Waals surface area contributed by atoms with Crippen molar-refractivity contribution in [1.29, 1.82) is 0 Å². The van der Waals surface area contributed by atoms with Crippen molar-refractivity contribution in [2.75, 3.05) is 32.1 Å². The topological polar surface area (TPSA) is 106 Å². The minimum atomic E-state index is -1.26. The van der Waals surface area contributed by atoms with Gasteiger partial charge in [-0.3, -0.25) is 0 Å². The largest absolute Gasteiger partial charge is 0.478 e. The van der Waals surface area contributed by atoms with Crippen molar-refractivity contribution in [3.05, 3.63) is 95.7 Å². The SMILES string of the molecule is Cc1ccc(C2=Nc3cccnc3N(CCCN(C)C)c3ccccc32)cc1.O=C(O)C=CC(=O)O. The molecule has 8 heteroatoms. The summed E-state index contributed by atoms with van der Waals surface area (Å²) < 4.78 is 0. The second kappa shape index (κ2) is 12.4. The number of carboxylic acid groups (broad SMARTS) is 2. The highest BCUT2D eigenvalue weighted by molar-refractivity contribution is 6.18. The van der Waals surface area contributed by atoms with Crippen LogP contribution in [0, 0.1) is 6.92 Å². The molecule has 0 spiro atoms. The van der Waals surface area contributed by atoms with Crippen molar-refractivity contribution < 1.29 is 19.8 Å². The summed E-state index contributed by atoms with van der Waals surface area (Å²) >= 11 is 0. The van der Waals surface area contributed by atoms with Crippen LogP contribution >= 0.6 is 0 Å². The summed E-state index contributed by atoms with van der Waals surface area (Å²) in [5.74, 6) is -1.59. The fourth-order valence-corrected chi connectivity index (χ4v) is 3.73. The lowest BCUT2D eigenvalue weighted by molar-refractivity contribution is -0.134. The van der Waals surface area contributed by atoms with Gasteiger partial charge in [0, 0.05) is 36.0 Å². The molecule has 0 bridgehead atoms. The Morgan fingerprint density at radius 3 is 2.25 bits per heavy atom. The molecule has 0 amide bonds. The third-order valence-corrected chi connectivity index (χ3v) is 5.38. The lowest BCUT2D eigenvalue weighted by Crippen LogP contribution is -2.24. The molecular formula is C28H30N4O4. The highest BCUT2D eigenvalue weighted by atomic mass is 16.4. The predicted molar refractivity (Wildman–Crippen MR) is 142 cm³/mol. The number of hydrogen-bond acceptors (Lipinski definition) is 6. The molecule has 0 aliphatic carbocycles. The molecule has 4 rings (SSSR count). The van der Waals surface area contributed by atoms with Gasteiger partial charge in [0.15, 0.2) is 5.82 Å². The van der Waals surface area contributed by atoms with E-state index in [-0.39, 0.29) is 0 Å². The molecular weight excluding hydrogens is 456 g/mol. The number of rotatable bonds is 7. The van der Waals surface area contributed by atoms with E-state index in [0.29, 0.717) is 12.2 Å². The van der Waals surface area contributed by atoms with E-state index >= 15 is 0 Å². The second-order valence-corrected chi connectivity index (χ2v) is 8.51. The van der Waals surface area contributed by atoms with Crippen LogP contribution in [0.1, 0.15) is 23.1 Å². The van der Waals surface area contributed by atoms with Crippen LogP contribution in [-0.4, -0.2) is 64.9 Å². The summed E-state index contributed by atoms with van der Waals surface area (Å²) in [7, 11) is 4.22. The first-order valence-corrected chi connectivity index (χ1v) is 11.5. The van der Waals surface area contributed by atoms with Crippen LogP contribution in [0.2, 0.25) is 0 Å². The molecule has 0 saturated heterocycles. The number of anilines is 2. The number of carboxylic acids is 2. The Labute approximate surface area is 210 Å². The van der Waals surface area contributed by atoms with Crippen LogP contribution in [-0.2, 0) is 9.59 Å². The zero-order valence-electron chi connectivity index (χ0n) is 20.6. The van der Waals surface area contributed by atoms with Gasteiger partial charge in [-0.05, 0) is 52.2 Å². The van der Waals surface area contributed by atoms with Crippen molar-refractivity contribution in [2.24, 2.45) is 4.99 Å². The summed E-state index contributed by atoms with van der Waals surface area (Å²) in [5, 5.41) is 15.6. The van der Waals surface area contributed by atoms with E-state index in [1.54, 1.807) is 0 Å². The fraction of sp³-hybridized carbons (Fsp3) is 0.214. The van der Waals surface area contributed by atoms with Gasteiger partial charge in [0.1, 0.15) is 5.69 Å². The van der Waals surface area contributed by atoms with Crippen molar-refractivity contribution in [3.63, 3.8) is 0 Å². The number of aliphatic carboxylic acids is 2. The second-order valence-electron chi connectivity index (χ2n) is 8.51. The Balaban J connectivity index is 0.000000392. The van der Waals surface area contributed by atoms with Crippen LogP contribution in [0.3, 0.4) is 0 Å². The van der Waals surface area contributed by atoms with Crippen molar-refractivity contribution in [1.82, 2.24) is 9.88 Å². The van der Waals surface area contributed by atoms with Gasteiger partial charge >= 0.3 is 11.9 Å². The summed E-state index contributed by atoms with van der Waals surface area (Å²) in [6.45, 7) is 4.04. The van der Waals surface area contributed by atoms with E-state index in [0.717, 1.165) is 53.5 Å². The van der Waals surface area contributed by atoms with Gasteiger partial charge in [-0.15, -0.1) is 0 Å². The van der Waals surface area contributed by atoms with Gasteiger partial charge in [0.25, 0.3) is 0 Å². The first kappa shape index (κ1) is 26.3. The van der Waals surface area contributed by atoms with Gasteiger partial charge in [0.05, 0.1) is 11.4 Å². The molecule has 1 aliphatic heterocycles. The molecule has 2 heterocycles. The van der Waals surface area contributed by atoms with Crippen molar-refractivity contribution in [3.8, 4) is 0 Å². The first-order valence-electron chi connectivity index (χ1n) is 11.5. The van der Waals surface area contributed by atoms with Gasteiger partial charge in [0.2, 0.25) is 0 Å². The number of hydrogen-bond donors (Lipinski definition) is 2. The van der Waals surface area contributed by atoms with E-state index in [4.69, 9.17) is 20.2 Å². The molecule has 0 atom stereocenters. The van der Waals surface area contributed by atoms with Crippen molar-refractivity contribution >= 4 is 34.8 Å². The molecule has 0 unspecified atom stereocenters. The standard InChI is InChI=1S/C24H26N4.C4H4O4/c1-18-11-13-19(14-12-18)23-20-8-4-5-10-22(20)28(17-7-16-27(2)3)24-21(26-23)9-6-15-25-24;5-3(6)1-2-4(7)8/h4-6,8-15H,7,16-17H2,1-3H3;1-2H,(H,5,6)(H,7,8). The van der Waals surface area contributed by atoms with E-state index in [2.05, 4.69) is 85.4 Å². The Morgan fingerprint density at radius 1 is 0.944 bits per heavy atom. The Bertz CT molecular complexity index is 1250. The zero-order valence-corrected chi connectivity index (χ0v) is 20.6. The molecule has 8 nitrogen and oxygen atoms in total.